The Bertz CT molecular complexity index is 762. The van der Waals surface area contributed by atoms with E-state index in [1.165, 1.54) is 0 Å². The number of benzene rings is 2. The third-order valence-corrected chi connectivity index (χ3v) is 3.54. The number of hydrogen-bond acceptors (Lipinski definition) is 4. The number of phenols is 1. The quantitative estimate of drug-likeness (QED) is 0.779. The van der Waals surface area contributed by atoms with Gasteiger partial charge in [-0.3, -0.25) is 0 Å². The van der Waals surface area contributed by atoms with E-state index in [1.54, 1.807) is 0 Å². The maximum absolute atomic E-state index is 10.4. The Hall–Kier alpha value is -2.36. The average molecular weight is 282 g/mol. The molecule has 1 heterocycles. The van der Waals surface area contributed by atoms with E-state index in [2.05, 4.69) is 24.0 Å². The van der Waals surface area contributed by atoms with E-state index in [1.807, 2.05) is 36.4 Å². The smallest absolute Gasteiger partial charge is 0.261 e. The van der Waals surface area contributed by atoms with E-state index in [9.17, 15) is 5.11 Å². The molecule has 0 saturated heterocycles. The average Bonchev–Trinajstić information content (AvgIpc) is 2.94. The highest BCUT2D eigenvalue weighted by molar-refractivity contribution is 5.93. The molecule has 2 aromatic carbocycles. The lowest BCUT2D eigenvalue weighted by Gasteiger charge is -2.04. The summed E-state index contributed by atoms with van der Waals surface area (Å²) in [5.74, 6) is 1.84. The fourth-order valence-corrected chi connectivity index (χ4v) is 2.31. The van der Waals surface area contributed by atoms with Crippen LogP contribution in [-0.4, -0.2) is 15.2 Å². The number of nitrogens with zero attached hydrogens (tertiary/aromatic N) is 2. The summed E-state index contributed by atoms with van der Waals surface area (Å²) in [4.78, 5) is 4.38. The molecular formula is C17H18N2O2. The molecule has 108 valence electrons. The second-order valence-electron chi connectivity index (χ2n) is 5.63. The molecule has 0 saturated carbocycles. The molecule has 1 N–H and O–H groups in total. The Labute approximate surface area is 123 Å². The zero-order chi connectivity index (χ0) is 14.8. The van der Waals surface area contributed by atoms with Crippen LogP contribution in [0.3, 0.4) is 0 Å². The molecule has 4 nitrogen and oxygen atoms in total. The predicted molar refractivity (Wildman–Crippen MR) is 82.1 cm³/mol. The standard InChI is InChI=1S/C17H18N2O2/c1-11(2)7-10-15-18-17(21-19-15)14-9-8-12-5-3-4-6-13(12)16(14)20/h3-6,8-9,11,20H,7,10H2,1-2H3. The number of hydrogen-bond donors (Lipinski definition) is 1. The first-order valence-electron chi connectivity index (χ1n) is 7.19. The van der Waals surface area contributed by atoms with Gasteiger partial charge in [-0.2, -0.15) is 4.98 Å². The summed E-state index contributed by atoms with van der Waals surface area (Å²) in [5.41, 5.74) is 0.581. The van der Waals surface area contributed by atoms with E-state index in [0.717, 1.165) is 23.6 Å². The van der Waals surface area contributed by atoms with Crippen molar-refractivity contribution in [1.29, 1.82) is 0 Å². The van der Waals surface area contributed by atoms with Gasteiger partial charge in [-0.1, -0.05) is 49.3 Å². The second-order valence-corrected chi connectivity index (χ2v) is 5.63. The van der Waals surface area contributed by atoms with Crippen molar-refractivity contribution < 1.29 is 9.63 Å². The Morgan fingerprint density at radius 1 is 1.14 bits per heavy atom. The molecular weight excluding hydrogens is 264 g/mol. The van der Waals surface area contributed by atoms with Crippen LogP contribution in [0.1, 0.15) is 26.1 Å². The zero-order valence-electron chi connectivity index (χ0n) is 12.2. The molecule has 0 aliphatic rings. The van der Waals surface area contributed by atoms with Crippen LogP contribution in [0, 0.1) is 5.92 Å². The molecule has 0 bridgehead atoms. The predicted octanol–water partition coefficient (Wildman–Crippen LogP) is 4.18. The SMILES string of the molecule is CC(C)CCc1noc(-c2ccc3ccccc3c2O)n1. The van der Waals surface area contributed by atoms with E-state index >= 15 is 0 Å². The van der Waals surface area contributed by atoms with Crippen LogP contribution in [0.15, 0.2) is 40.9 Å². The molecule has 3 rings (SSSR count). The minimum absolute atomic E-state index is 0.187. The maximum Gasteiger partial charge on any atom is 0.261 e. The van der Waals surface area contributed by atoms with Gasteiger partial charge in [0.25, 0.3) is 5.89 Å². The highest BCUT2D eigenvalue weighted by Gasteiger charge is 2.15. The van der Waals surface area contributed by atoms with E-state index in [-0.39, 0.29) is 5.75 Å². The Morgan fingerprint density at radius 3 is 2.76 bits per heavy atom. The Morgan fingerprint density at radius 2 is 1.95 bits per heavy atom. The molecule has 3 aromatic rings. The van der Waals surface area contributed by atoms with Crippen molar-refractivity contribution >= 4 is 10.8 Å². The van der Waals surface area contributed by atoms with E-state index < -0.39 is 0 Å². The fraction of sp³-hybridized carbons (Fsp3) is 0.294. The monoisotopic (exact) mass is 282 g/mol. The Balaban J connectivity index is 1.95. The number of rotatable bonds is 4. The van der Waals surface area contributed by atoms with E-state index in [4.69, 9.17) is 4.52 Å². The highest BCUT2D eigenvalue weighted by atomic mass is 16.5. The second kappa shape index (κ2) is 5.56. The molecule has 0 radical (unpaired) electrons. The van der Waals surface area contributed by atoms with Crippen molar-refractivity contribution in [2.75, 3.05) is 0 Å². The summed E-state index contributed by atoms with van der Waals surface area (Å²) in [6.07, 6.45) is 1.80. The van der Waals surface area contributed by atoms with Crippen molar-refractivity contribution in [3.8, 4) is 17.2 Å². The van der Waals surface area contributed by atoms with Gasteiger partial charge in [-0.05, 0) is 23.8 Å². The maximum atomic E-state index is 10.4. The van der Waals surface area contributed by atoms with Gasteiger partial charge in [0.1, 0.15) is 5.75 Å². The van der Waals surface area contributed by atoms with Gasteiger partial charge in [-0.25, -0.2) is 0 Å². The van der Waals surface area contributed by atoms with Crippen molar-refractivity contribution in [2.24, 2.45) is 5.92 Å². The van der Waals surface area contributed by atoms with Gasteiger partial charge >= 0.3 is 0 Å². The number of aryl methyl sites for hydroxylation is 1. The van der Waals surface area contributed by atoms with Crippen LogP contribution in [0.2, 0.25) is 0 Å². The van der Waals surface area contributed by atoms with Gasteiger partial charge in [0.05, 0.1) is 5.56 Å². The lowest BCUT2D eigenvalue weighted by molar-refractivity contribution is 0.415. The van der Waals surface area contributed by atoms with Gasteiger partial charge in [0.15, 0.2) is 5.82 Å². The van der Waals surface area contributed by atoms with Gasteiger partial charge in [0.2, 0.25) is 0 Å². The molecule has 0 aliphatic carbocycles. The van der Waals surface area contributed by atoms with Gasteiger partial charge in [-0.15, -0.1) is 0 Å². The largest absolute Gasteiger partial charge is 0.506 e. The van der Waals surface area contributed by atoms with Crippen LogP contribution >= 0.6 is 0 Å². The summed E-state index contributed by atoms with van der Waals surface area (Å²) < 4.78 is 5.29. The molecule has 0 spiro atoms. The van der Waals surface area contributed by atoms with Crippen LogP contribution in [0.4, 0.5) is 0 Å². The third-order valence-electron chi connectivity index (χ3n) is 3.54. The number of aromatic hydroxyl groups is 1. The van der Waals surface area contributed by atoms with Gasteiger partial charge in [0, 0.05) is 11.8 Å². The number of fused-ring (bicyclic) bond motifs is 1. The first-order chi connectivity index (χ1) is 10.1. The topological polar surface area (TPSA) is 59.2 Å². The summed E-state index contributed by atoms with van der Waals surface area (Å²) >= 11 is 0. The number of phenolic OH excluding ortho intramolecular Hbond substituents is 1. The minimum Gasteiger partial charge on any atom is -0.506 e. The van der Waals surface area contributed by atoms with Crippen molar-refractivity contribution in [3.63, 3.8) is 0 Å². The lowest BCUT2D eigenvalue weighted by Crippen LogP contribution is -1.93. The summed E-state index contributed by atoms with van der Waals surface area (Å²) in [7, 11) is 0. The summed E-state index contributed by atoms with van der Waals surface area (Å²) in [5, 5.41) is 16.2. The van der Waals surface area contributed by atoms with Crippen LogP contribution < -0.4 is 0 Å². The van der Waals surface area contributed by atoms with Crippen LogP contribution in [0.25, 0.3) is 22.2 Å². The number of aromatic nitrogens is 2. The van der Waals surface area contributed by atoms with Crippen LogP contribution in [-0.2, 0) is 6.42 Å². The summed E-state index contributed by atoms with van der Waals surface area (Å²) in [6, 6.07) is 11.4. The molecule has 0 atom stereocenters. The first kappa shape index (κ1) is 13.6. The van der Waals surface area contributed by atoms with Crippen molar-refractivity contribution in [3.05, 3.63) is 42.2 Å². The summed E-state index contributed by atoms with van der Waals surface area (Å²) in [6.45, 7) is 4.33. The van der Waals surface area contributed by atoms with Crippen LogP contribution in [0.5, 0.6) is 5.75 Å². The molecule has 0 unspecified atom stereocenters. The molecule has 1 aromatic heterocycles. The Kier molecular flexibility index (Phi) is 3.60. The van der Waals surface area contributed by atoms with Gasteiger partial charge < -0.3 is 9.63 Å². The zero-order valence-corrected chi connectivity index (χ0v) is 12.2. The van der Waals surface area contributed by atoms with Crippen molar-refractivity contribution in [1.82, 2.24) is 10.1 Å². The molecule has 21 heavy (non-hydrogen) atoms. The fourth-order valence-electron chi connectivity index (χ4n) is 2.31. The minimum atomic E-state index is 0.187. The van der Waals surface area contributed by atoms with Crippen molar-refractivity contribution in [2.45, 2.75) is 26.7 Å². The first-order valence-corrected chi connectivity index (χ1v) is 7.19. The normalized spacial score (nSPS) is 11.4. The lowest BCUT2D eigenvalue weighted by atomic mass is 10.1. The molecule has 4 heteroatoms. The molecule has 0 fully saturated rings. The highest BCUT2D eigenvalue weighted by Crippen LogP contribution is 2.34. The van der Waals surface area contributed by atoms with E-state index in [0.29, 0.717) is 23.2 Å². The molecule has 0 amide bonds. The third kappa shape index (κ3) is 2.75. The molecule has 0 aliphatic heterocycles.